The molecule has 2 nitrogen and oxygen atoms in total. The molecule has 1 aromatic carbocycles. The zero-order valence-corrected chi connectivity index (χ0v) is 7.73. The van der Waals surface area contributed by atoms with Crippen LogP contribution in [-0.4, -0.2) is 5.78 Å². The van der Waals surface area contributed by atoms with E-state index in [0.717, 1.165) is 5.56 Å². The Kier molecular flexibility index (Phi) is 4.37. The third kappa shape index (κ3) is 2.93. The van der Waals surface area contributed by atoms with Gasteiger partial charge in [0.25, 0.3) is 0 Å². The average molecular weight is 186 g/mol. The van der Waals surface area contributed by atoms with Crippen LogP contribution in [0.1, 0.15) is 12.5 Å². The fraction of sp³-hybridized carbons (Fsp3) is 0.222. The second-order valence-corrected chi connectivity index (χ2v) is 2.58. The lowest BCUT2D eigenvalue weighted by atomic mass is 10.1. The van der Waals surface area contributed by atoms with E-state index < -0.39 is 0 Å². The van der Waals surface area contributed by atoms with Gasteiger partial charge in [0.05, 0.1) is 0 Å². The van der Waals surface area contributed by atoms with Gasteiger partial charge in [0.1, 0.15) is 5.78 Å². The number of nitrogens with two attached hydrogens (primary N) is 1. The van der Waals surface area contributed by atoms with Crippen LogP contribution in [0.4, 0.5) is 5.69 Å². The van der Waals surface area contributed by atoms with Gasteiger partial charge in [0.2, 0.25) is 0 Å². The van der Waals surface area contributed by atoms with Crippen molar-refractivity contribution >= 4 is 23.9 Å². The summed E-state index contributed by atoms with van der Waals surface area (Å²) in [5.41, 5.74) is 7.23. The van der Waals surface area contributed by atoms with Crippen LogP contribution < -0.4 is 5.73 Å². The molecule has 0 aromatic heterocycles. The first kappa shape index (κ1) is 11.0. The van der Waals surface area contributed by atoms with E-state index in [9.17, 15) is 4.79 Å². The smallest absolute Gasteiger partial charge is 0.134 e. The van der Waals surface area contributed by atoms with Crippen LogP contribution in [0.5, 0.6) is 0 Å². The summed E-state index contributed by atoms with van der Waals surface area (Å²) in [6, 6.07) is 7.42. The number of nitrogen functional groups attached to an aromatic ring is 1. The Morgan fingerprint density at radius 3 is 2.50 bits per heavy atom. The van der Waals surface area contributed by atoms with Crippen molar-refractivity contribution in [3.63, 3.8) is 0 Å². The summed E-state index contributed by atoms with van der Waals surface area (Å²) in [6.45, 7) is 1.56. The van der Waals surface area contributed by atoms with Crippen molar-refractivity contribution in [2.75, 3.05) is 5.73 Å². The molecular formula is C9H12ClNO. The van der Waals surface area contributed by atoms with Crippen molar-refractivity contribution in [3.05, 3.63) is 29.8 Å². The van der Waals surface area contributed by atoms with Crippen molar-refractivity contribution in [2.24, 2.45) is 0 Å². The third-order valence-electron chi connectivity index (χ3n) is 1.49. The zero-order chi connectivity index (χ0) is 8.27. The van der Waals surface area contributed by atoms with Gasteiger partial charge in [0.15, 0.2) is 0 Å². The highest BCUT2D eigenvalue weighted by Gasteiger charge is 1.99. The predicted molar refractivity (Wildman–Crippen MR) is 52.5 cm³/mol. The van der Waals surface area contributed by atoms with Crippen molar-refractivity contribution in [1.29, 1.82) is 0 Å². The molecule has 0 spiro atoms. The second-order valence-electron chi connectivity index (χ2n) is 2.58. The van der Waals surface area contributed by atoms with Gasteiger partial charge in [-0.2, -0.15) is 0 Å². The maximum Gasteiger partial charge on any atom is 0.134 e. The lowest BCUT2D eigenvalue weighted by Crippen LogP contribution is -2.00. The molecule has 0 unspecified atom stereocenters. The van der Waals surface area contributed by atoms with Gasteiger partial charge in [-0.15, -0.1) is 12.4 Å². The minimum Gasteiger partial charge on any atom is -0.398 e. The molecule has 66 valence electrons. The summed E-state index contributed by atoms with van der Waals surface area (Å²) in [5.74, 6) is 0.142. The standard InChI is InChI=1S/C9H11NO.ClH/c1-7(11)6-8-4-2-3-5-9(8)10;/h2-5H,6,10H2,1H3;1H. The Bertz CT molecular complexity index is 273. The van der Waals surface area contributed by atoms with E-state index in [-0.39, 0.29) is 18.2 Å². The van der Waals surface area contributed by atoms with Crippen molar-refractivity contribution in [2.45, 2.75) is 13.3 Å². The molecule has 1 aromatic rings. The number of carbonyl (C=O) groups excluding carboxylic acids is 1. The van der Waals surface area contributed by atoms with Crippen molar-refractivity contribution in [3.8, 4) is 0 Å². The largest absolute Gasteiger partial charge is 0.398 e. The number of carbonyl (C=O) groups is 1. The van der Waals surface area contributed by atoms with E-state index in [4.69, 9.17) is 5.73 Å². The van der Waals surface area contributed by atoms with Crippen LogP contribution in [0.25, 0.3) is 0 Å². The molecule has 0 aliphatic heterocycles. The summed E-state index contributed by atoms with van der Waals surface area (Å²) < 4.78 is 0. The molecule has 0 heterocycles. The van der Waals surface area contributed by atoms with Gasteiger partial charge >= 0.3 is 0 Å². The molecule has 12 heavy (non-hydrogen) atoms. The molecule has 0 amide bonds. The number of rotatable bonds is 2. The average Bonchev–Trinajstić information content (AvgIpc) is 1.93. The first-order chi connectivity index (χ1) is 5.20. The predicted octanol–water partition coefficient (Wildman–Crippen LogP) is 1.82. The number of para-hydroxylation sites is 1. The number of ketones is 1. The molecule has 0 aliphatic carbocycles. The van der Waals surface area contributed by atoms with Gasteiger partial charge in [-0.3, -0.25) is 4.79 Å². The normalized spacial score (nSPS) is 8.75. The number of halogens is 1. The lowest BCUT2D eigenvalue weighted by molar-refractivity contribution is -0.116. The molecule has 0 atom stereocenters. The van der Waals surface area contributed by atoms with Gasteiger partial charge in [-0.05, 0) is 18.6 Å². The third-order valence-corrected chi connectivity index (χ3v) is 1.49. The van der Waals surface area contributed by atoms with Gasteiger partial charge < -0.3 is 5.73 Å². The SMILES string of the molecule is CC(=O)Cc1ccccc1N.Cl. The summed E-state index contributed by atoms with van der Waals surface area (Å²) in [5, 5.41) is 0. The van der Waals surface area contributed by atoms with Gasteiger partial charge in [0, 0.05) is 12.1 Å². The fourth-order valence-electron chi connectivity index (χ4n) is 0.963. The van der Waals surface area contributed by atoms with E-state index in [1.165, 1.54) is 0 Å². The van der Waals surface area contributed by atoms with Crippen LogP contribution in [0.15, 0.2) is 24.3 Å². The number of hydrogen-bond donors (Lipinski definition) is 1. The topological polar surface area (TPSA) is 43.1 Å². The molecule has 0 aliphatic rings. The van der Waals surface area contributed by atoms with E-state index in [2.05, 4.69) is 0 Å². The highest BCUT2D eigenvalue weighted by atomic mass is 35.5. The Labute approximate surface area is 78.2 Å². The number of anilines is 1. The van der Waals surface area contributed by atoms with E-state index >= 15 is 0 Å². The Balaban J connectivity index is 0.00000121. The van der Waals surface area contributed by atoms with Crippen LogP contribution in [0.3, 0.4) is 0 Å². The highest BCUT2D eigenvalue weighted by Crippen LogP contribution is 2.10. The van der Waals surface area contributed by atoms with Gasteiger partial charge in [-0.25, -0.2) is 0 Å². The summed E-state index contributed by atoms with van der Waals surface area (Å²) in [4.78, 5) is 10.7. The van der Waals surface area contributed by atoms with Crippen molar-refractivity contribution in [1.82, 2.24) is 0 Å². The molecule has 2 N–H and O–H groups in total. The van der Waals surface area contributed by atoms with E-state index in [1.807, 2.05) is 18.2 Å². The highest BCUT2D eigenvalue weighted by molar-refractivity contribution is 5.85. The van der Waals surface area contributed by atoms with Crippen LogP contribution in [0.2, 0.25) is 0 Å². The maximum absolute atomic E-state index is 10.7. The summed E-state index contributed by atoms with van der Waals surface area (Å²) in [6.07, 6.45) is 0.437. The minimum absolute atomic E-state index is 0. The Morgan fingerprint density at radius 1 is 1.42 bits per heavy atom. The maximum atomic E-state index is 10.7. The number of Topliss-reactive ketones (excluding diaryl/α,β-unsaturated/α-hetero) is 1. The van der Waals surface area contributed by atoms with Crippen LogP contribution in [0, 0.1) is 0 Å². The van der Waals surface area contributed by atoms with Gasteiger partial charge in [-0.1, -0.05) is 18.2 Å². The van der Waals surface area contributed by atoms with Crippen molar-refractivity contribution < 1.29 is 4.79 Å². The molecular weight excluding hydrogens is 174 g/mol. The quantitative estimate of drug-likeness (QED) is 0.715. The second kappa shape index (κ2) is 4.78. The summed E-state index contributed by atoms with van der Waals surface area (Å²) in [7, 11) is 0. The number of benzene rings is 1. The Hall–Kier alpha value is -1.02. The fourth-order valence-corrected chi connectivity index (χ4v) is 0.963. The molecule has 0 bridgehead atoms. The monoisotopic (exact) mass is 185 g/mol. The zero-order valence-electron chi connectivity index (χ0n) is 6.91. The van der Waals surface area contributed by atoms with E-state index in [0.29, 0.717) is 12.1 Å². The van der Waals surface area contributed by atoms with Crippen LogP contribution in [-0.2, 0) is 11.2 Å². The lowest BCUT2D eigenvalue weighted by Gasteiger charge is -2.00. The molecule has 3 heteroatoms. The molecule has 0 fully saturated rings. The van der Waals surface area contributed by atoms with Crippen LogP contribution >= 0.6 is 12.4 Å². The molecule has 1 rings (SSSR count). The molecule has 0 radical (unpaired) electrons. The summed E-state index contributed by atoms with van der Waals surface area (Å²) >= 11 is 0. The van der Waals surface area contributed by atoms with E-state index in [1.54, 1.807) is 13.0 Å². The first-order valence-corrected chi connectivity index (χ1v) is 3.53. The number of hydrogen-bond acceptors (Lipinski definition) is 2. The molecule has 0 saturated heterocycles. The first-order valence-electron chi connectivity index (χ1n) is 3.53. The Morgan fingerprint density at radius 2 is 2.00 bits per heavy atom. The molecule has 0 saturated carbocycles. The minimum atomic E-state index is 0.